The fourth-order valence-corrected chi connectivity index (χ4v) is 2.86. The third-order valence-corrected chi connectivity index (χ3v) is 4.04. The zero-order chi connectivity index (χ0) is 17.3. The number of carbonyl (C=O) groups excluding carboxylic acids is 1. The third-order valence-electron chi connectivity index (χ3n) is 4.04. The van der Waals surface area contributed by atoms with Gasteiger partial charge in [-0.15, -0.1) is 0 Å². The number of amides is 1. The van der Waals surface area contributed by atoms with Crippen molar-refractivity contribution in [1.29, 1.82) is 0 Å². The second-order valence-corrected chi connectivity index (χ2v) is 6.04. The van der Waals surface area contributed by atoms with E-state index < -0.39 is 0 Å². The quantitative estimate of drug-likeness (QED) is 0.929. The van der Waals surface area contributed by atoms with Gasteiger partial charge in [0, 0.05) is 37.5 Å². The normalized spacial score (nSPS) is 16.1. The summed E-state index contributed by atoms with van der Waals surface area (Å²) < 4.78 is 10.9. The summed E-state index contributed by atoms with van der Waals surface area (Å²) >= 11 is 0. The lowest BCUT2D eigenvalue weighted by Gasteiger charge is -2.25. The minimum Gasteiger partial charge on any atom is -0.492 e. The Morgan fingerprint density at radius 1 is 1.42 bits per heavy atom. The Balaban J connectivity index is 2.11. The summed E-state index contributed by atoms with van der Waals surface area (Å²) in [6, 6.07) is 7.64. The maximum absolute atomic E-state index is 12.4. The first kappa shape index (κ1) is 16.3. The van der Waals surface area contributed by atoms with E-state index in [4.69, 9.17) is 15.2 Å². The van der Waals surface area contributed by atoms with Gasteiger partial charge in [-0.25, -0.2) is 4.98 Å². The Hall–Kier alpha value is -2.60. The first-order valence-electron chi connectivity index (χ1n) is 7.77. The minimum atomic E-state index is -0.154. The Labute approximate surface area is 141 Å². The number of benzene rings is 1. The molecule has 0 saturated heterocycles. The molecule has 2 aromatic rings. The molecule has 0 aliphatic carbocycles. The average molecular weight is 327 g/mol. The van der Waals surface area contributed by atoms with Gasteiger partial charge in [0.15, 0.2) is 0 Å². The molecule has 6 nitrogen and oxygen atoms in total. The van der Waals surface area contributed by atoms with Crippen molar-refractivity contribution in [3.63, 3.8) is 0 Å². The van der Waals surface area contributed by atoms with Crippen LogP contribution in [-0.4, -0.2) is 49.6 Å². The first-order valence-corrected chi connectivity index (χ1v) is 7.77. The second kappa shape index (κ2) is 6.49. The van der Waals surface area contributed by atoms with Gasteiger partial charge in [-0.3, -0.25) is 4.79 Å². The van der Waals surface area contributed by atoms with Crippen LogP contribution in [0.25, 0.3) is 11.1 Å². The van der Waals surface area contributed by atoms with Crippen molar-refractivity contribution >= 4 is 5.91 Å². The summed E-state index contributed by atoms with van der Waals surface area (Å²) in [4.78, 5) is 18.2. The van der Waals surface area contributed by atoms with Gasteiger partial charge in [-0.05, 0) is 24.1 Å². The van der Waals surface area contributed by atoms with Crippen molar-refractivity contribution in [2.24, 2.45) is 5.73 Å². The van der Waals surface area contributed by atoms with Gasteiger partial charge in [0.25, 0.3) is 5.91 Å². The molecule has 126 valence electrons. The number of ether oxygens (including phenoxy) is 2. The predicted molar refractivity (Wildman–Crippen MR) is 91.4 cm³/mol. The smallest absolute Gasteiger partial charge is 0.258 e. The van der Waals surface area contributed by atoms with Crippen molar-refractivity contribution in [1.82, 2.24) is 9.88 Å². The maximum atomic E-state index is 12.4. The lowest BCUT2D eigenvalue weighted by atomic mass is 9.93. The number of nitrogens with zero attached hydrogens (tertiary/aromatic N) is 2. The number of rotatable bonds is 3. The molecule has 1 aliphatic heterocycles. The minimum absolute atomic E-state index is 0.0345. The molecule has 1 unspecified atom stereocenters. The summed E-state index contributed by atoms with van der Waals surface area (Å²) in [5.74, 6) is 1.000. The van der Waals surface area contributed by atoms with Gasteiger partial charge in [0.1, 0.15) is 17.9 Å². The molecule has 3 rings (SSSR count). The highest BCUT2D eigenvalue weighted by atomic mass is 16.5. The van der Waals surface area contributed by atoms with Crippen LogP contribution in [-0.2, 0) is 6.42 Å². The highest BCUT2D eigenvalue weighted by Gasteiger charge is 2.22. The molecule has 2 N–H and O–H groups in total. The van der Waals surface area contributed by atoms with E-state index >= 15 is 0 Å². The largest absolute Gasteiger partial charge is 0.492 e. The van der Waals surface area contributed by atoms with Crippen LogP contribution in [0.5, 0.6) is 11.6 Å². The van der Waals surface area contributed by atoms with E-state index in [1.807, 2.05) is 24.3 Å². The van der Waals surface area contributed by atoms with Crippen LogP contribution in [0.15, 0.2) is 30.5 Å². The Morgan fingerprint density at radius 3 is 2.92 bits per heavy atom. The number of pyridine rings is 1. The third kappa shape index (κ3) is 2.92. The van der Waals surface area contributed by atoms with Crippen LogP contribution in [0.4, 0.5) is 0 Å². The summed E-state index contributed by atoms with van der Waals surface area (Å²) in [5, 5.41) is 0. The highest BCUT2D eigenvalue weighted by molar-refractivity contribution is 5.97. The fraction of sp³-hybridized carbons (Fsp3) is 0.333. The number of aromatic nitrogens is 1. The van der Waals surface area contributed by atoms with Crippen molar-refractivity contribution < 1.29 is 14.3 Å². The molecule has 1 amide bonds. The molecular weight excluding hydrogens is 306 g/mol. The van der Waals surface area contributed by atoms with E-state index in [2.05, 4.69) is 4.98 Å². The van der Waals surface area contributed by atoms with Crippen molar-refractivity contribution in [2.45, 2.75) is 12.5 Å². The van der Waals surface area contributed by atoms with Crippen LogP contribution in [0.3, 0.4) is 0 Å². The van der Waals surface area contributed by atoms with Gasteiger partial charge in [0.2, 0.25) is 5.88 Å². The monoisotopic (exact) mass is 327 g/mol. The number of hydrogen-bond acceptors (Lipinski definition) is 5. The van der Waals surface area contributed by atoms with Gasteiger partial charge in [-0.1, -0.05) is 12.1 Å². The molecule has 0 fully saturated rings. The maximum Gasteiger partial charge on any atom is 0.258 e. The zero-order valence-electron chi connectivity index (χ0n) is 14.1. The molecule has 0 bridgehead atoms. The molecule has 1 aromatic carbocycles. The van der Waals surface area contributed by atoms with E-state index in [1.165, 1.54) is 12.0 Å². The van der Waals surface area contributed by atoms with E-state index in [-0.39, 0.29) is 11.9 Å². The fourth-order valence-electron chi connectivity index (χ4n) is 2.86. The molecule has 1 aliphatic rings. The molecule has 6 heteroatoms. The van der Waals surface area contributed by atoms with Crippen LogP contribution in [0.2, 0.25) is 0 Å². The summed E-state index contributed by atoms with van der Waals surface area (Å²) in [5.41, 5.74) is 9.34. The Bertz CT molecular complexity index is 774. The Morgan fingerprint density at radius 2 is 2.21 bits per heavy atom. The van der Waals surface area contributed by atoms with Crippen LogP contribution in [0.1, 0.15) is 15.9 Å². The summed E-state index contributed by atoms with van der Waals surface area (Å²) in [6.45, 7) is 0.516. The van der Waals surface area contributed by atoms with Gasteiger partial charge >= 0.3 is 0 Å². The first-order chi connectivity index (χ1) is 11.5. The van der Waals surface area contributed by atoms with Crippen LogP contribution < -0.4 is 15.2 Å². The standard InChI is InChI=1S/C18H21N3O3/c1-21(2)18(22)15-7-11(9-20-17(15)23-3)13-5-4-6-16-14(13)8-12(19)10-24-16/h4-7,9,12H,8,10,19H2,1-3H3. The lowest BCUT2D eigenvalue weighted by molar-refractivity contribution is 0.0823. The predicted octanol–water partition coefficient (Wildman–Crippen LogP) is 1.72. The number of nitrogens with two attached hydrogens (primary N) is 1. The number of carbonyl (C=O) groups is 1. The molecule has 0 radical (unpaired) electrons. The SMILES string of the molecule is COc1ncc(-c2cccc3c2CC(N)CO3)cc1C(=O)N(C)C. The van der Waals surface area contributed by atoms with E-state index in [0.29, 0.717) is 18.1 Å². The Kier molecular flexibility index (Phi) is 4.40. The van der Waals surface area contributed by atoms with Gasteiger partial charge < -0.3 is 20.1 Å². The molecule has 24 heavy (non-hydrogen) atoms. The van der Waals surface area contributed by atoms with E-state index in [9.17, 15) is 4.79 Å². The topological polar surface area (TPSA) is 77.7 Å². The highest BCUT2D eigenvalue weighted by Crippen LogP contribution is 2.35. The lowest BCUT2D eigenvalue weighted by Crippen LogP contribution is -2.34. The van der Waals surface area contributed by atoms with E-state index in [1.54, 1.807) is 20.3 Å². The molecule has 1 aromatic heterocycles. The number of fused-ring (bicyclic) bond motifs is 1. The van der Waals surface area contributed by atoms with E-state index in [0.717, 1.165) is 28.9 Å². The van der Waals surface area contributed by atoms with Crippen molar-refractivity contribution in [3.8, 4) is 22.8 Å². The van der Waals surface area contributed by atoms with Crippen LogP contribution >= 0.6 is 0 Å². The number of hydrogen-bond donors (Lipinski definition) is 1. The average Bonchev–Trinajstić information content (AvgIpc) is 2.59. The van der Waals surface area contributed by atoms with Crippen LogP contribution in [0, 0.1) is 0 Å². The van der Waals surface area contributed by atoms with Crippen molar-refractivity contribution in [2.75, 3.05) is 27.8 Å². The number of methoxy groups -OCH3 is 1. The molecule has 0 spiro atoms. The second-order valence-electron chi connectivity index (χ2n) is 6.04. The zero-order valence-corrected chi connectivity index (χ0v) is 14.1. The molecule has 2 heterocycles. The van der Waals surface area contributed by atoms with Crippen molar-refractivity contribution in [3.05, 3.63) is 41.6 Å². The molecule has 0 saturated carbocycles. The van der Waals surface area contributed by atoms with Gasteiger partial charge in [0.05, 0.1) is 7.11 Å². The molecular formula is C18H21N3O3. The summed E-state index contributed by atoms with van der Waals surface area (Å²) in [7, 11) is 4.91. The molecule has 1 atom stereocenters. The summed E-state index contributed by atoms with van der Waals surface area (Å²) in [6.07, 6.45) is 2.44. The van der Waals surface area contributed by atoms with Gasteiger partial charge in [-0.2, -0.15) is 0 Å².